The first-order valence-corrected chi connectivity index (χ1v) is 8.36. The van der Waals surface area contributed by atoms with E-state index in [9.17, 15) is 9.90 Å². The molecule has 2 atom stereocenters. The molecule has 2 aliphatic rings. The number of nitrogens with zero attached hydrogens (tertiary/aromatic N) is 2. The molecule has 138 valence electrons. The van der Waals surface area contributed by atoms with E-state index in [1.165, 1.54) is 0 Å². The van der Waals surface area contributed by atoms with Gasteiger partial charge in [0.2, 0.25) is 0 Å². The van der Waals surface area contributed by atoms with Crippen LogP contribution in [0.2, 0.25) is 0 Å². The number of aliphatic carboxylic acids is 1. The smallest absolute Gasteiger partial charge is 0.312 e. The fraction of sp³-hybridized carbons (Fsp3) is 0.611. The number of rotatable bonds is 6. The maximum absolute atomic E-state index is 11.9. The van der Waals surface area contributed by atoms with Crippen molar-refractivity contribution in [2.24, 2.45) is 11.3 Å². The fourth-order valence-electron chi connectivity index (χ4n) is 4.30. The maximum atomic E-state index is 11.9. The molecule has 2 aliphatic heterocycles. The monoisotopic (exact) mass is 350 g/mol. The second-order valence-corrected chi connectivity index (χ2v) is 7.04. The molecule has 0 aromatic heterocycles. The average Bonchev–Trinajstić information content (AvgIpc) is 3.07. The van der Waals surface area contributed by atoms with Crippen LogP contribution in [0.5, 0.6) is 17.2 Å². The van der Waals surface area contributed by atoms with Crippen LogP contribution >= 0.6 is 0 Å². The lowest BCUT2D eigenvalue weighted by Gasteiger charge is -2.25. The topological polar surface area (TPSA) is 71.5 Å². The van der Waals surface area contributed by atoms with Crippen molar-refractivity contribution in [2.45, 2.75) is 6.54 Å². The van der Waals surface area contributed by atoms with Crippen LogP contribution in [0.4, 0.5) is 0 Å². The molecular formula is C18H26N2O5. The lowest BCUT2D eigenvalue weighted by Crippen LogP contribution is -2.40. The van der Waals surface area contributed by atoms with Crippen LogP contribution in [0.25, 0.3) is 0 Å². The molecule has 1 aromatic carbocycles. The highest BCUT2D eigenvalue weighted by Gasteiger charge is 2.56. The van der Waals surface area contributed by atoms with Gasteiger partial charge in [0.25, 0.3) is 0 Å². The number of hydrogen-bond donors (Lipinski definition) is 1. The summed E-state index contributed by atoms with van der Waals surface area (Å²) in [6.45, 7) is 3.38. The highest BCUT2D eigenvalue weighted by atomic mass is 16.5. The number of methoxy groups -OCH3 is 3. The molecule has 0 unspecified atom stereocenters. The van der Waals surface area contributed by atoms with Gasteiger partial charge in [-0.1, -0.05) is 0 Å². The Kier molecular flexibility index (Phi) is 4.79. The zero-order chi connectivity index (χ0) is 18.2. The fourth-order valence-corrected chi connectivity index (χ4v) is 4.30. The summed E-state index contributed by atoms with van der Waals surface area (Å²) in [5.74, 6) is 1.44. The second-order valence-electron chi connectivity index (χ2n) is 7.04. The second kappa shape index (κ2) is 6.72. The van der Waals surface area contributed by atoms with E-state index in [1.807, 2.05) is 19.2 Å². The molecule has 1 N–H and O–H groups in total. The predicted molar refractivity (Wildman–Crippen MR) is 92.4 cm³/mol. The van der Waals surface area contributed by atoms with Gasteiger partial charge in [0.05, 0.1) is 26.7 Å². The average molecular weight is 350 g/mol. The normalized spacial score (nSPS) is 26.5. The zero-order valence-corrected chi connectivity index (χ0v) is 15.2. The van der Waals surface area contributed by atoms with E-state index in [0.29, 0.717) is 31.1 Å². The molecule has 0 bridgehead atoms. The summed E-state index contributed by atoms with van der Waals surface area (Å²) in [5.41, 5.74) is 0.299. The van der Waals surface area contributed by atoms with E-state index in [4.69, 9.17) is 14.2 Å². The molecule has 0 radical (unpaired) electrons. The lowest BCUT2D eigenvalue weighted by molar-refractivity contribution is -0.148. The molecular weight excluding hydrogens is 324 g/mol. The maximum Gasteiger partial charge on any atom is 0.312 e. The Morgan fingerprint density at radius 1 is 1.12 bits per heavy atom. The number of fused-ring (bicyclic) bond motifs is 1. The molecule has 2 fully saturated rings. The number of carboxylic acid groups (broad SMARTS) is 1. The van der Waals surface area contributed by atoms with Crippen LogP contribution in [-0.4, -0.2) is 75.4 Å². The van der Waals surface area contributed by atoms with Crippen LogP contribution < -0.4 is 14.2 Å². The van der Waals surface area contributed by atoms with Crippen molar-refractivity contribution in [1.29, 1.82) is 0 Å². The quantitative estimate of drug-likeness (QED) is 0.825. The van der Waals surface area contributed by atoms with Crippen molar-refractivity contribution in [1.82, 2.24) is 9.80 Å². The van der Waals surface area contributed by atoms with Gasteiger partial charge in [0.1, 0.15) is 5.75 Å². The molecule has 25 heavy (non-hydrogen) atoms. The van der Waals surface area contributed by atoms with Crippen molar-refractivity contribution < 1.29 is 24.1 Å². The molecule has 7 nitrogen and oxygen atoms in total. The van der Waals surface area contributed by atoms with Crippen LogP contribution in [0.3, 0.4) is 0 Å². The van der Waals surface area contributed by atoms with E-state index in [1.54, 1.807) is 21.3 Å². The van der Waals surface area contributed by atoms with Crippen molar-refractivity contribution in [3.05, 3.63) is 17.7 Å². The standard InChI is InChI=1S/C18H26N2O5/c1-19-8-13-9-20(11-18(13,10-19)17(21)22)7-12-5-15(24-3)16(25-4)6-14(12)23-2/h5-6,13H,7-11H2,1-4H3,(H,21,22)/t13-,18-/m0/s1. The van der Waals surface area contributed by atoms with Gasteiger partial charge in [-0.3, -0.25) is 9.69 Å². The first-order valence-electron chi connectivity index (χ1n) is 8.36. The van der Waals surface area contributed by atoms with E-state index in [-0.39, 0.29) is 5.92 Å². The number of carboxylic acids is 1. The molecule has 2 saturated heterocycles. The summed E-state index contributed by atoms with van der Waals surface area (Å²) < 4.78 is 16.2. The highest BCUT2D eigenvalue weighted by molar-refractivity contribution is 5.77. The molecule has 0 aliphatic carbocycles. The van der Waals surface area contributed by atoms with Crippen LogP contribution in [0.15, 0.2) is 12.1 Å². The lowest BCUT2D eigenvalue weighted by atomic mass is 9.81. The summed E-state index contributed by atoms with van der Waals surface area (Å²) in [6.07, 6.45) is 0. The zero-order valence-electron chi connectivity index (χ0n) is 15.2. The molecule has 0 amide bonds. The number of carbonyl (C=O) groups is 1. The minimum absolute atomic E-state index is 0.154. The third-order valence-corrected chi connectivity index (χ3v) is 5.46. The largest absolute Gasteiger partial charge is 0.496 e. The number of likely N-dealkylation sites (tertiary alicyclic amines) is 2. The third-order valence-electron chi connectivity index (χ3n) is 5.46. The Labute approximate surface area is 148 Å². The summed E-state index contributed by atoms with van der Waals surface area (Å²) in [5, 5.41) is 9.81. The van der Waals surface area contributed by atoms with Gasteiger partial charge >= 0.3 is 5.97 Å². The molecule has 0 saturated carbocycles. The Balaban J connectivity index is 1.83. The van der Waals surface area contributed by atoms with Crippen molar-refractivity contribution in [2.75, 3.05) is 54.6 Å². The van der Waals surface area contributed by atoms with Crippen LogP contribution in [-0.2, 0) is 11.3 Å². The number of ether oxygens (including phenoxy) is 3. The van der Waals surface area contributed by atoms with Gasteiger partial charge in [0, 0.05) is 50.3 Å². The molecule has 7 heteroatoms. The molecule has 0 spiro atoms. The minimum atomic E-state index is -0.691. The van der Waals surface area contributed by atoms with Gasteiger partial charge in [-0.05, 0) is 13.1 Å². The predicted octanol–water partition coefficient (Wildman–Crippen LogP) is 1.16. The molecule has 2 heterocycles. The Morgan fingerprint density at radius 2 is 1.76 bits per heavy atom. The third kappa shape index (κ3) is 3.02. The molecule has 1 aromatic rings. The summed E-state index contributed by atoms with van der Waals surface area (Å²) in [6, 6.07) is 3.72. The van der Waals surface area contributed by atoms with Gasteiger partial charge < -0.3 is 24.2 Å². The van der Waals surface area contributed by atoms with Crippen LogP contribution in [0.1, 0.15) is 5.56 Å². The van der Waals surface area contributed by atoms with Crippen LogP contribution in [0, 0.1) is 11.3 Å². The van der Waals surface area contributed by atoms with E-state index >= 15 is 0 Å². The first kappa shape index (κ1) is 17.8. The Morgan fingerprint density at radius 3 is 2.32 bits per heavy atom. The number of hydrogen-bond acceptors (Lipinski definition) is 6. The Hall–Kier alpha value is -1.99. The van der Waals surface area contributed by atoms with E-state index < -0.39 is 11.4 Å². The van der Waals surface area contributed by atoms with Gasteiger partial charge in [-0.2, -0.15) is 0 Å². The van der Waals surface area contributed by atoms with Crippen molar-refractivity contribution in [3.63, 3.8) is 0 Å². The summed E-state index contributed by atoms with van der Waals surface area (Å²) in [7, 11) is 6.80. The van der Waals surface area contributed by atoms with E-state index in [0.717, 1.165) is 24.4 Å². The van der Waals surface area contributed by atoms with E-state index in [2.05, 4.69) is 9.80 Å². The van der Waals surface area contributed by atoms with Crippen molar-refractivity contribution >= 4 is 5.97 Å². The molecule has 3 rings (SSSR count). The first-order chi connectivity index (χ1) is 11.9. The SMILES string of the molecule is COc1cc(OC)c(OC)cc1CN1C[C@@H]2CN(C)C[C@]2(C(=O)O)C1. The van der Waals surface area contributed by atoms with Gasteiger partial charge in [-0.25, -0.2) is 0 Å². The number of benzene rings is 1. The van der Waals surface area contributed by atoms with Crippen molar-refractivity contribution in [3.8, 4) is 17.2 Å². The minimum Gasteiger partial charge on any atom is -0.496 e. The van der Waals surface area contributed by atoms with Gasteiger partial charge in [-0.15, -0.1) is 0 Å². The summed E-state index contributed by atoms with van der Waals surface area (Å²) in [4.78, 5) is 16.3. The Bertz CT molecular complexity index is 665. The summed E-state index contributed by atoms with van der Waals surface area (Å²) >= 11 is 0. The van der Waals surface area contributed by atoms with Gasteiger partial charge in [0.15, 0.2) is 11.5 Å². The highest BCUT2D eigenvalue weighted by Crippen LogP contribution is 2.43.